The summed E-state index contributed by atoms with van der Waals surface area (Å²) in [5, 5.41) is 9.40. The number of benzene rings is 2. The minimum Gasteiger partial charge on any atom is -0.508 e. The summed E-state index contributed by atoms with van der Waals surface area (Å²) in [5.41, 5.74) is 1.85. The Morgan fingerprint density at radius 3 is 2.58 bits per heavy atom. The SMILES string of the molecule is COc1ccc(CCl)cc1OCc1cccc(O)c1. The molecule has 1 N–H and O–H groups in total. The van der Waals surface area contributed by atoms with Crippen LogP contribution in [0, 0.1) is 0 Å². The summed E-state index contributed by atoms with van der Waals surface area (Å²) in [5.74, 6) is 1.95. The highest BCUT2D eigenvalue weighted by atomic mass is 35.5. The molecule has 4 heteroatoms. The summed E-state index contributed by atoms with van der Waals surface area (Å²) in [4.78, 5) is 0. The molecule has 19 heavy (non-hydrogen) atoms. The van der Waals surface area contributed by atoms with E-state index in [0.29, 0.717) is 24.0 Å². The Kier molecular flexibility index (Phi) is 4.53. The van der Waals surface area contributed by atoms with E-state index in [9.17, 15) is 5.11 Å². The van der Waals surface area contributed by atoms with Gasteiger partial charge in [-0.05, 0) is 35.4 Å². The number of aromatic hydroxyl groups is 1. The van der Waals surface area contributed by atoms with Crippen molar-refractivity contribution in [2.75, 3.05) is 7.11 Å². The molecular formula is C15H15ClO3. The summed E-state index contributed by atoms with van der Waals surface area (Å²) in [6.07, 6.45) is 0. The Labute approximate surface area is 117 Å². The first kappa shape index (κ1) is 13.6. The lowest BCUT2D eigenvalue weighted by Crippen LogP contribution is -1.98. The molecule has 0 aliphatic carbocycles. The predicted octanol–water partition coefficient (Wildman–Crippen LogP) is 3.72. The second-order valence-corrected chi connectivity index (χ2v) is 4.34. The summed E-state index contributed by atoms with van der Waals surface area (Å²) < 4.78 is 11.0. The van der Waals surface area contributed by atoms with Crippen LogP contribution in [0.4, 0.5) is 0 Å². The monoisotopic (exact) mass is 278 g/mol. The third-order valence-corrected chi connectivity index (χ3v) is 3.00. The zero-order valence-corrected chi connectivity index (χ0v) is 11.4. The van der Waals surface area contributed by atoms with Gasteiger partial charge in [-0.3, -0.25) is 0 Å². The van der Waals surface area contributed by atoms with Crippen LogP contribution in [0.2, 0.25) is 0 Å². The first-order valence-corrected chi connectivity index (χ1v) is 6.40. The molecule has 0 aliphatic heterocycles. The lowest BCUT2D eigenvalue weighted by atomic mass is 10.2. The quantitative estimate of drug-likeness (QED) is 0.847. The number of rotatable bonds is 5. The molecule has 2 aromatic rings. The van der Waals surface area contributed by atoms with Crippen LogP contribution in [-0.4, -0.2) is 12.2 Å². The highest BCUT2D eigenvalue weighted by Crippen LogP contribution is 2.29. The van der Waals surface area contributed by atoms with Crippen molar-refractivity contribution in [2.45, 2.75) is 12.5 Å². The molecule has 0 saturated carbocycles. The van der Waals surface area contributed by atoms with Crippen LogP contribution in [0.1, 0.15) is 11.1 Å². The van der Waals surface area contributed by atoms with Crippen molar-refractivity contribution in [3.63, 3.8) is 0 Å². The van der Waals surface area contributed by atoms with Crippen molar-refractivity contribution in [1.82, 2.24) is 0 Å². The van der Waals surface area contributed by atoms with E-state index in [2.05, 4.69) is 0 Å². The molecule has 2 aromatic carbocycles. The molecule has 0 aliphatic rings. The van der Waals surface area contributed by atoms with Gasteiger partial charge in [0.25, 0.3) is 0 Å². The average molecular weight is 279 g/mol. The molecule has 0 atom stereocenters. The molecule has 0 fully saturated rings. The Hall–Kier alpha value is -1.87. The van der Waals surface area contributed by atoms with Crippen LogP contribution in [0.15, 0.2) is 42.5 Å². The molecule has 0 amide bonds. The van der Waals surface area contributed by atoms with Crippen molar-refractivity contribution >= 4 is 11.6 Å². The third kappa shape index (κ3) is 3.55. The van der Waals surface area contributed by atoms with Gasteiger partial charge in [0.2, 0.25) is 0 Å². The van der Waals surface area contributed by atoms with Gasteiger partial charge in [0.05, 0.1) is 7.11 Å². The second kappa shape index (κ2) is 6.34. The van der Waals surface area contributed by atoms with E-state index < -0.39 is 0 Å². The number of hydrogen-bond acceptors (Lipinski definition) is 3. The van der Waals surface area contributed by atoms with Crippen LogP contribution in [0.3, 0.4) is 0 Å². The summed E-state index contributed by atoms with van der Waals surface area (Å²) in [6, 6.07) is 12.5. The van der Waals surface area contributed by atoms with Gasteiger partial charge in [-0.25, -0.2) is 0 Å². The van der Waals surface area contributed by atoms with Crippen molar-refractivity contribution in [1.29, 1.82) is 0 Å². The lowest BCUT2D eigenvalue weighted by molar-refractivity contribution is 0.284. The molecule has 0 heterocycles. The Balaban J connectivity index is 2.14. The number of methoxy groups -OCH3 is 1. The molecule has 0 spiro atoms. The second-order valence-electron chi connectivity index (χ2n) is 4.08. The largest absolute Gasteiger partial charge is 0.508 e. The maximum atomic E-state index is 9.40. The molecule has 0 unspecified atom stereocenters. The van der Waals surface area contributed by atoms with Crippen molar-refractivity contribution in [3.8, 4) is 17.2 Å². The Morgan fingerprint density at radius 1 is 1.05 bits per heavy atom. The molecular weight excluding hydrogens is 264 g/mol. The van der Waals surface area contributed by atoms with Crippen LogP contribution < -0.4 is 9.47 Å². The molecule has 0 saturated heterocycles. The van der Waals surface area contributed by atoms with Gasteiger partial charge < -0.3 is 14.6 Å². The molecule has 0 aromatic heterocycles. The fourth-order valence-electron chi connectivity index (χ4n) is 1.72. The zero-order valence-electron chi connectivity index (χ0n) is 10.6. The fraction of sp³-hybridized carbons (Fsp3) is 0.200. The van der Waals surface area contributed by atoms with Crippen molar-refractivity contribution in [2.24, 2.45) is 0 Å². The van der Waals surface area contributed by atoms with Gasteiger partial charge in [-0.15, -0.1) is 11.6 Å². The summed E-state index contributed by atoms with van der Waals surface area (Å²) in [6.45, 7) is 0.358. The number of phenolic OH excluding ortho intramolecular Hbond substituents is 1. The van der Waals surface area contributed by atoms with Gasteiger partial charge >= 0.3 is 0 Å². The maximum Gasteiger partial charge on any atom is 0.161 e. The van der Waals surface area contributed by atoms with E-state index in [-0.39, 0.29) is 5.75 Å². The number of alkyl halides is 1. The topological polar surface area (TPSA) is 38.7 Å². The fourth-order valence-corrected chi connectivity index (χ4v) is 1.89. The molecule has 3 nitrogen and oxygen atoms in total. The highest BCUT2D eigenvalue weighted by Gasteiger charge is 2.06. The van der Waals surface area contributed by atoms with Crippen molar-refractivity contribution in [3.05, 3.63) is 53.6 Å². The first-order chi connectivity index (χ1) is 9.22. The van der Waals surface area contributed by atoms with Gasteiger partial charge in [0.15, 0.2) is 11.5 Å². The van der Waals surface area contributed by atoms with Crippen LogP contribution in [0.25, 0.3) is 0 Å². The molecule has 2 rings (SSSR count). The van der Waals surface area contributed by atoms with E-state index in [1.807, 2.05) is 24.3 Å². The minimum atomic E-state index is 0.225. The normalized spacial score (nSPS) is 10.2. The van der Waals surface area contributed by atoms with Gasteiger partial charge in [0, 0.05) is 5.88 Å². The Morgan fingerprint density at radius 2 is 1.89 bits per heavy atom. The smallest absolute Gasteiger partial charge is 0.161 e. The minimum absolute atomic E-state index is 0.225. The van der Waals surface area contributed by atoms with Gasteiger partial charge in [-0.2, -0.15) is 0 Å². The molecule has 100 valence electrons. The highest BCUT2D eigenvalue weighted by molar-refractivity contribution is 6.17. The summed E-state index contributed by atoms with van der Waals surface area (Å²) >= 11 is 5.80. The number of hydrogen-bond donors (Lipinski definition) is 1. The van der Waals surface area contributed by atoms with E-state index >= 15 is 0 Å². The first-order valence-electron chi connectivity index (χ1n) is 5.86. The molecule has 0 bridgehead atoms. The number of phenols is 1. The lowest BCUT2D eigenvalue weighted by Gasteiger charge is -2.12. The van der Waals surface area contributed by atoms with Gasteiger partial charge in [-0.1, -0.05) is 18.2 Å². The van der Waals surface area contributed by atoms with E-state index in [1.54, 1.807) is 25.3 Å². The van der Waals surface area contributed by atoms with Crippen LogP contribution in [0.5, 0.6) is 17.2 Å². The van der Waals surface area contributed by atoms with Gasteiger partial charge in [0.1, 0.15) is 12.4 Å². The van der Waals surface area contributed by atoms with Crippen LogP contribution in [-0.2, 0) is 12.5 Å². The summed E-state index contributed by atoms with van der Waals surface area (Å²) in [7, 11) is 1.59. The van der Waals surface area contributed by atoms with Crippen molar-refractivity contribution < 1.29 is 14.6 Å². The Bertz CT molecular complexity index is 555. The maximum absolute atomic E-state index is 9.40. The molecule has 0 radical (unpaired) electrons. The van der Waals surface area contributed by atoms with E-state index in [4.69, 9.17) is 21.1 Å². The number of ether oxygens (including phenoxy) is 2. The zero-order chi connectivity index (χ0) is 13.7. The van der Waals surface area contributed by atoms with E-state index in [0.717, 1.165) is 11.1 Å². The predicted molar refractivity (Wildman–Crippen MR) is 75.0 cm³/mol. The van der Waals surface area contributed by atoms with E-state index in [1.165, 1.54) is 0 Å². The standard InChI is InChI=1S/C15H15ClO3/c1-18-14-6-5-11(9-16)8-15(14)19-10-12-3-2-4-13(17)7-12/h2-8,17H,9-10H2,1H3. The van der Waals surface area contributed by atoms with Crippen LogP contribution >= 0.6 is 11.6 Å². The third-order valence-electron chi connectivity index (χ3n) is 2.69. The number of halogens is 1. The average Bonchev–Trinajstić information content (AvgIpc) is 2.45.